The molecule has 0 aromatic heterocycles. The maximum absolute atomic E-state index is 12.5. The number of nitrogens with zero attached hydrogens (tertiary/aromatic N) is 4. The van der Waals surface area contributed by atoms with Gasteiger partial charge in [0.2, 0.25) is 0 Å². The van der Waals surface area contributed by atoms with E-state index in [4.69, 9.17) is 109 Å². The minimum absolute atomic E-state index is 0.0569. The Bertz CT molecular complexity index is 2840. The summed E-state index contributed by atoms with van der Waals surface area (Å²) in [6.45, 7) is 4.13. The van der Waals surface area contributed by atoms with Crippen LogP contribution in [0.5, 0.6) is 0 Å². The molecule has 480 valence electrons. The number of ether oxygens (including phenoxy) is 4. The summed E-state index contributed by atoms with van der Waals surface area (Å²) >= 11 is 16.3. The van der Waals surface area contributed by atoms with Crippen molar-refractivity contribution in [1.82, 2.24) is 19.1 Å². The van der Waals surface area contributed by atoms with Gasteiger partial charge in [-0.2, -0.15) is 0 Å². The van der Waals surface area contributed by atoms with Crippen molar-refractivity contribution in [3.05, 3.63) is 215 Å². The van der Waals surface area contributed by atoms with E-state index < -0.39 is 66.4 Å². The number of halogens is 3. The van der Waals surface area contributed by atoms with Crippen molar-refractivity contribution >= 4 is 78.0 Å². The van der Waals surface area contributed by atoms with Crippen LogP contribution >= 0.6 is 46.6 Å². The summed E-state index contributed by atoms with van der Waals surface area (Å²) < 4.78 is 52.8. The molecule has 17 nitrogen and oxygen atoms in total. The van der Waals surface area contributed by atoms with Gasteiger partial charge in [-0.25, -0.2) is 9.34 Å². The Morgan fingerprint density at radius 2 is 0.811 bits per heavy atom. The Kier molecular flexibility index (Phi) is 32.5. The van der Waals surface area contributed by atoms with Crippen LogP contribution in [0.3, 0.4) is 0 Å². The largest absolute Gasteiger partial charge is 0.394 e. The second kappa shape index (κ2) is 38.0. The second-order valence-corrected chi connectivity index (χ2v) is 29.8. The minimum atomic E-state index is -3.42. The Morgan fingerprint density at radius 3 is 1.07 bits per heavy atom. The molecule has 26 heteroatoms. The number of benzene rings is 6. The summed E-state index contributed by atoms with van der Waals surface area (Å²) in [6.07, 6.45) is -3.69. The van der Waals surface area contributed by atoms with Crippen molar-refractivity contribution in [3.63, 3.8) is 0 Å². The molecule has 8 radical (unpaired) electrons. The van der Waals surface area contributed by atoms with E-state index in [1.165, 1.54) is 9.34 Å². The fourth-order valence-electron chi connectivity index (χ4n) is 10.8. The molecule has 4 fully saturated rings. The van der Waals surface area contributed by atoms with E-state index >= 15 is 0 Å². The lowest BCUT2D eigenvalue weighted by Gasteiger charge is -2.50. The standard InChI is InChI=1S/C26H29BClN2O3P.C24H24BNO2.C5H10BNO2.C5H9BO4.C2H6Cl2NOP.C2H6/c1-29(2)34(28,31)32-20-24-18-30(19-25(27)33-24)26(21-12-6-3-7-13-21,22-14-8-4-9-15-22)23-16-10-5-11-17-23;25-23-17-26(16-22(18-27)28-23)24(19-10-4-1-5-11-19,20-12-6-2-7-13-20)21-14-8-3-9-15-21;6-5-2-7-1-4(3-8)9-5;6-5-4(9)3(8)2(1-7)10-5;1-5(2)7(3,4)6;1-2/h3-17,24-25H,18-20H2,1-2H3;1-15,22-23,27H,16-18H2;4-5,7-8H,1-3H2;2-5,7-9H,1H2;1-2H3;1-2H3/p+1. The van der Waals surface area contributed by atoms with Gasteiger partial charge in [0.05, 0.1) is 68.4 Å². The Morgan fingerprint density at radius 1 is 0.489 bits per heavy atom. The topological polar surface area (TPSA) is 211 Å². The normalized spacial score (nSPS) is 24.5. The molecule has 90 heavy (non-hydrogen) atoms. The number of aliphatic hydroxyl groups is 5. The molecular formula is C64H85B4Cl3N5O12P2+. The van der Waals surface area contributed by atoms with Gasteiger partial charge in [-0.05, 0) is 95.3 Å². The third-order valence-electron chi connectivity index (χ3n) is 15.0. The highest BCUT2D eigenvalue weighted by atomic mass is 35.9. The third kappa shape index (κ3) is 21.2. The molecule has 11 unspecified atom stereocenters. The molecule has 11 atom stereocenters. The van der Waals surface area contributed by atoms with Gasteiger partial charge in [-0.3, -0.25) is 18.9 Å². The molecule has 0 aliphatic carbocycles. The van der Waals surface area contributed by atoms with Crippen molar-refractivity contribution in [2.75, 3.05) is 93.9 Å². The first-order valence-electron chi connectivity index (χ1n) is 29.8. The van der Waals surface area contributed by atoms with Gasteiger partial charge in [0, 0.05) is 44.2 Å². The second-order valence-electron chi connectivity index (χ2n) is 21.6. The van der Waals surface area contributed by atoms with Crippen LogP contribution in [0.25, 0.3) is 0 Å². The Hall–Kier alpha value is -3.69. The van der Waals surface area contributed by atoms with Crippen molar-refractivity contribution in [2.24, 2.45) is 0 Å². The van der Waals surface area contributed by atoms with Gasteiger partial charge in [-0.1, -0.05) is 196 Å². The van der Waals surface area contributed by atoms with Crippen LogP contribution in [0, 0.1) is 0 Å². The van der Waals surface area contributed by atoms with Crippen molar-refractivity contribution < 1.29 is 63.5 Å². The van der Waals surface area contributed by atoms with Crippen molar-refractivity contribution in [2.45, 2.75) is 85.6 Å². The fraction of sp³-hybridized carbons (Fsp3) is 0.438. The highest BCUT2D eigenvalue weighted by molar-refractivity contribution is 8.06. The lowest BCUT2D eigenvalue weighted by atomic mass is 9.74. The Labute approximate surface area is 552 Å². The van der Waals surface area contributed by atoms with E-state index in [-0.39, 0.29) is 44.6 Å². The van der Waals surface area contributed by atoms with E-state index in [2.05, 4.69) is 161 Å². The highest BCUT2D eigenvalue weighted by Gasteiger charge is 2.47. The summed E-state index contributed by atoms with van der Waals surface area (Å²) in [6, 6.07) is 60.6. The maximum atomic E-state index is 12.5. The predicted molar refractivity (Wildman–Crippen MR) is 362 cm³/mol. The first kappa shape index (κ1) is 77.0. The molecule has 4 heterocycles. The zero-order chi connectivity index (χ0) is 66.1. The lowest BCUT2D eigenvalue weighted by molar-refractivity contribution is -0.680. The van der Waals surface area contributed by atoms with Crippen LogP contribution in [-0.2, 0) is 43.7 Å². The van der Waals surface area contributed by atoms with Crippen molar-refractivity contribution in [3.8, 4) is 0 Å². The van der Waals surface area contributed by atoms with Gasteiger partial charge in [0.1, 0.15) is 56.2 Å². The number of rotatable bonds is 16. The zero-order valence-electron chi connectivity index (χ0n) is 52.0. The van der Waals surface area contributed by atoms with E-state index in [0.29, 0.717) is 26.2 Å². The van der Waals surface area contributed by atoms with Gasteiger partial charge < -0.3 is 54.3 Å². The summed E-state index contributed by atoms with van der Waals surface area (Å²) in [4.78, 5) is 4.69. The molecule has 4 saturated heterocycles. The van der Waals surface area contributed by atoms with E-state index in [1.807, 2.05) is 50.2 Å². The molecule has 7 N–H and O–H groups in total. The number of hydrogen-bond donors (Lipinski definition) is 6. The lowest BCUT2D eigenvalue weighted by Crippen LogP contribution is -2.91. The molecule has 0 bridgehead atoms. The number of hydrogen-bond acceptors (Lipinski definition) is 14. The molecular weight excluding hydrogens is 1240 g/mol. The number of nitrogens with two attached hydrogens (primary N) is 1. The molecule has 4 aliphatic heterocycles. The van der Waals surface area contributed by atoms with Crippen LogP contribution in [0.2, 0.25) is 0 Å². The third-order valence-corrected chi connectivity index (χ3v) is 20.4. The number of quaternary nitrogens is 1. The summed E-state index contributed by atoms with van der Waals surface area (Å²) in [5.41, 5.74) is 5.72. The molecule has 0 amide bonds. The summed E-state index contributed by atoms with van der Waals surface area (Å²) in [5, 5.41) is 46.9. The quantitative estimate of drug-likeness (QED) is 0.0349. The molecule has 0 saturated carbocycles. The van der Waals surface area contributed by atoms with Crippen LogP contribution in [0.15, 0.2) is 182 Å². The van der Waals surface area contributed by atoms with E-state index in [1.54, 1.807) is 28.2 Å². The van der Waals surface area contributed by atoms with Crippen molar-refractivity contribution in [1.29, 1.82) is 0 Å². The number of aliphatic hydroxyl groups excluding tert-OH is 5. The predicted octanol–water partition coefficient (Wildman–Crippen LogP) is 6.45. The van der Waals surface area contributed by atoms with Gasteiger partial charge in [0.25, 0.3) is 0 Å². The smallest absolute Gasteiger partial charge is 0.362 e. The summed E-state index contributed by atoms with van der Waals surface area (Å²) in [7, 11) is 29.6. The first-order chi connectivity index (χ1) is 43.0. The zero-order valence-corrected chi connectivity index (χ0v) is 56.0. The average molecular weight is 1330 g/mol. The SMILES string of the molecule is CC.CN(C)P(=O)(Cl)Cl.[B]C1CN(C(c2ccccc2)(c2ccccc2)c2ccccc2)CC(CO)O1.[B]C1CN(C(c2ccccc2)(c2ccccc2)c2ccccc2)CC(COP(=O)(Cl)N(C)C)O1.[B]C1C[NH2+]CC(CO)O1.[B]C1OC(CO)C(O)C1O. The average Bonchev–Trinajstić information content (AvgIpc) is 0.847. The van der Waals surface area contributed by atoms with E-state index in [0.717, 1.165) is 46.5 Å². The monoisotopic (exact) mass is 1330 g/mol. The maximum Gasteiger partial charge on any atom is 0.362 e. The van der Waals surface area contributed by atoms with Crippen LogP contribution in [0.1, 0.15) is 47.2 Å². The van der Waals surface area contributed by atoms with Crippen LogP contribution in [0.4, 0.5) is 0 Å². The first-order valence-corrected chi connectivity index (χ1v) is 35.7. The molecule has 0 spiro atoms. The van der Waals surface area contributed by atoms with Gasteiger partial charge in [-0.15, -0.1) is 0 Å². The molecule has 6 aromatic carbocycles. The van der Waals surface area contributed by atoms with Crippen LogP contribution < -0.4 is 5.32 Å². The molecule has 6 aromatic rings. The molecule has 4 aliphatic rings. The Balaban J connectivity index is 0.000000232. The minimum Gasteiger partial charge on any atom is -0.394 e. The van der Waals surface area contributed by atoms with Gasteiger partial charge >= 0.3 is 12.9 Å². The fourth-order valence-corrected chi connectivity index (χ4v) is 11.5. The summed E-state index contributed by atoms with van der Waals surface area (Å²) in [5.74, 6) is -2.96. The van der Waals surface area contributed by atoms with Crippen LogP contribution in [-0.4, -0.2) is 231 Å². The van der Waals surface area contributed by atoms with E-state index in [9.17, 15) is 14.2 Å². The number of morpholine rings is 3. The molecule has 10 rings (SSSR count). The highest BCUT2D eigenvalue weighted by Crippen LogP contribution is 2.58. The van der Waals surface area contributed by atoms with Gasteiger partial charge in [0.15, 0.2) is 0 Å².